The number of tetrazole rings is 1. The molecule has 1 aliphatic heterocycles. The van der Waals surface area contributed by atoms with Gasteiger partial charge in [-0.3, -0.25) is 0 Å². The number of hydrogen-bond acceptors (Lipinski definition) is 4. The first-order valence-electron chi connectivity index (χ1n) is 6.07. The van der Waals surface area contributed by atoms with Crippen molar-refractivity contribution in [1.82, 2.24) is 25.5 Å². The Morgan fingerprint density at radius 2 is 2.17 bits per heavy atom. The molecule has 0 amide bonds. The standard InChI is InChI=1S/C12H14ClN5/c13-10-5-3-9(4-6-10)8-18-12(15-16-17-18)11-2-1-7-14-11/h3-6,11,14H,1-2,7-8H2. The predicted molar refractivity (Wildman–Crippen MR) is 68.3 cm³/mol. The lowest BCUT2D eigenvalue weighted by atomic mass is 10.2. The van der Waals surface area contributed by atoms with E-state index in [0.29, 0.717) is 6.54 Å². The van der Waals surface area contributed by atoms with E-state index in [1.807, 2.05) is 28.9 Å². The minimum atomic E-state index is 0.285. The number of nitrogens with one attached hydrogen (secondary N) is 1. The average molecular weight is 264 g/mol. The van der Waals surface area contributed by atoms with Crippen LogP contribution >= 0.6 is 11.6 Å². The van der Waals surface area contributed by atoms with Gasteiger partial charge in [-0.25, -0.2) is 4.68 Å². The summed E-state index contributed by atoms with van der Waals surface area (Å²) < 4.78 is 1.85. The first-order chi connectivity index (χ1) is 8.83. The van der Waals surface area contributed by atoms with Crippen LogP contribution in [0.1, 0.15) is 30.3 Å². The smallest absolute Gasteiger partial charge is 0.168 e. The van der Waals surface area contributed by atoms with Crippen molar-refractivity contribution in [3.63, 3.8) is 0 Å². The topological polar surface area (TPSA) is 55.6 Å². The maximum Gasteiger partial charge on any atom is 0.168 e. The second kappa shape index (κ2) is 5.04. The van der Waals surface area contributed by atoms with Gasteiger partial charge in [-0.15, -0.1) is 5.10 Å². The molecule has 2 aromatic rings. The summed E-state index contributed by atoms with van der Waals surface area (Å²) in [4.78, 5) is 0. The first-order valence-corrected chi connectivity index (χ1v) is 6.44. The van der Waals surface area contributed by atoms with Gasteiger partial charge >= 0.3 is 0 Å². The zero-order chi connectivity index (χ0) is 12.4. The molecule has 1 atom stereocenters. The molecule has 6 heteroatoms. The van der Waals surface area contributed by atoms with Crippen LogP contribution in [0.25, 0.3) is 0 Å². The van der Waals surface area contributed by atoms with Crippen molar-refractivity contribution < 1.29 is 0 Å². The van der Waals surface area contributed by atoms with Crippen LogP contribution in [0, 0.1) is 0 Å². The normalized spacial score (nSPS) is 19.3. The van der Waals surface area contributed by atoms with E-state index in [0.717, 1.165) is 29.4 Å². The highest BCUT2D eigenvalue weighted by Gasteiger charge is 2.22. The summed E-state index contributed by atoms with van der Waals surface area (Å²) in [6.07, 6.45) is 2.28. The summed E-state index contributed by atoms with van der Waals surface area (Å²) in [5.74, 6) is 0.919. The van der Waals surface area contributed by atoms with Crippen LogP contribution in [0.15, 0.2) is 24.3 Å². The molecule has 0 aliphatic carbocycles. The lowest BCUT2D eigenvalue weighted by Gasteiger charge is -2.10. The summed E-state index contributed by atoms with van der Waals surface area (Å²) in [7, 11) is 0. The van der Waals surface area contributed by atoms with Gasteiger partial charge in [0.25, 0.3) is 0 Å². The van der Waals surface area contributed by atoms with Gasteiger partial charge in [-0.05, 0) is 47.5 Å². The lowest BCUT2D eigenvalue weighted by Crippen LogP contribution is -2.19. The molecule has 0 radical (unpaired) electrons. The van der Waals surface area contributed by atoms with Gasteiger partial charge in [-0.2, -0.15) is 0 Å². The van der Waals surface area contributed by atoms with E-state index in [-0.39, 0.29) is 6.04 Å². The number of aromatic nitrogens is 4. The Kier molecular flexibility index (Phi) is 3.25. The highest BCUT2D eigenvalue weighted by atomic mass is 35.5. The van der Waals surface area contributed by atoms with Crippen LogP contribution in [-0.4, -0.2) is 26.8 Å². The van der Waals surface area contributed by atoms with E-state index in [9.17, 15) is 0 Å². The molecule has 94 valence electrons. The Labute approximate surface area is 110 Å². The van der Waals surface area contributed by atoms with Crippen molar-refractivity contribution in [2.24, 2.45) is 0 Å². The molecule has 1 fully saturated rings. The Morgan fingerprint density at radius 3 is 2.89 bits per heavy atom. The van der Waals surface area contributed by atoms with Gasteiger partial charge in [0, 0.05) is 5.02 Å². The minimum Gasteiger partial charge on any atom is -0.307 e. The third-order valence-corrected chi connectivity index (χ3v) is 3.43. The maximum absolute atomic E-state index is 5.87. The van der Waals surface area contributed by atoms with Crippen molar-refractivity contribution in [3.05, 3.63) is 40.7 Å². The fourth-order valence-electron chi connectivity index (χ4n) is 2.24. The second-order valence-electron chi connectivity index (χ2n) is 4.47. The highest BCUT2D eigenvalue weighted by molar-refractivity contribution is 6.30. The minimum absolute atomic E-state index is 0.285. The summed E-state index contributed by atoms with van der Waals surface area (Å²) in [6.45, 7) is 1.72. The monoisotopic (exact) mass is 263 g/mol. The third kappa shape index (κ3) is 2.37. The van der Waals surface area contributed by atoms with Gasteiger partial charge in [0.15, 0.2) is 5.82 Å². The van der Waals surface area contributed by atoms with Crippen molar-refractivity contribution in [1.29, 1.82) is 0 Å². The van der Waals surface area contributed by atoms with Crippen LogP contribution in [0.5, 0.6) is 0 Å². The maximum atomic E-state index is 5.87. The molecule has 0 bridgehead atoms. The molecule has 1 aromatic carbocycles. The molecule has 1 unspecified atom stereocenters. The van der Waals surface area contributed by atoms with Crippen LogP contribution in [0.4, 0.5) is 0 Å². The molecule has 1 aromatic heterocycles. The number of nitrogens with zero attached hydrogens (tertiary/aromatic N) is 4. The summed E-state index contributed by atoms with van der Waals surface area (Å²) in [5, 5.41) is 16.1. The van der Waals surface area contributed by atoms with E-state index in [2.05, 4.69) is 20.8 Å². The van der Waals surface area contributed by atoms with Crippen LogP contribution in [0.2, 0.25) is 5.02 Å². The van der Waals surface area contributed by atoms with Gasteiger partial charge < -0.3 is 5.32 Å². The Hall–Kier alpha value is -1.46. The molecular formula is C12H14ClN5. The number of hydrogen-bond donors (Lipinski definition) is 1. The lowest BCUT2D eigenvalue weighted by molar-refractivity contribution is 0.535. The van der Waals surface area contributed by atoms with Gasteiger partial charge in [0.2, 0.25) is 0 Å². The van der Waals surface area contributed by atoms with Crippen LogP contribution in [0.3, 0.4) is 0 Å². The zero-order valence-corrected chi connectivity index (χ0v) is 10.6. The van der Waals surface area contributed by atoms with E-state index in [1.54, 1.807) is 0 Å². The van der Waals surface area contributed by atoms with Crippen LogP contribution in [-0.2, 0) is 6.54 Å². The van der Waals surface area contributed by atoms with E-state index in [1.165, 1.54) is 6.42 Å². The molecular weight excluding hydrogens is 250 g/mol. The van der Waals surface area contributed by atoms with E-state index >= 15 is 0 Å². The zero-order valence-electron chi connectivity index (χ0n) is 9.88. The molecule has 18 heavy (non-hydrogen) atoms. The van der Waals surface area contributed by atoms with Crippen LogP contribution < -0.4 is 5.32 Å². The molecule has 3 rings (SSSR count). The molecule has 1 aliphatic rings. The van der Waals surface area contributed by atoms with Crippen molar-refractivity contribution in [2.75, 3.05) is 6.54 Å². The molecule has 5 nitrogen and oxygen atoms in total. The molecule has 1 N–H and O–H groups in total. The molecule has 2 heterocycles. The Balaban J connectivity index is 1.80. The summed E-state index contributed by atoms with van der Waals surface area (Å²) >= 11 is 5.87. The number of benzene rings is 1. The first kappa shape index (κ1) is 11.6. The average Bonchev–Trinajstić information content (AvgIpc) is 3.02. The SMILES string of the molecule is Clc1ccc(Cn2nnnc2C2CCCN2)cc1. The van der Waals surface area contributed by atoms with Crippen molar-refractivity contribution >= 4 is 11.6 Å². The van der Waals surface area contributed by atoms with E-state index in [4.69, 9.17) is 11.6 Å². The second-order valence-corrected chi connectivity index (χ2v) is 4.91. The summed E-state index contributed by atoms with van der Waals surface area (Å²) in [6, 6.07) is 8.04. The van der Waals surface area contributed by atoms with Gasteiger partial charge in [0.1, 0.15) is 0 Å². The molecule has 0 spiro atoms. The van der Waals surface area contributed by atoms with E-state index < -0.39 is 0 Å². The van der Waals surface area contributed by atoms with Crippen molar-refractivity contribution in [3.8, 4) is 0 Å². The molecule has 0 saturated carbocycles. The summed E-state index contributed by atoms with van der Waals surface area (Å²) in [5.41, 5.74) is 1.14. The fourth-order valence-corrected chi connectivity index (χ4v) is 2.37. The Bertz CT molecular complexity index is 516. The quantitative estimate of drug-likeness (QED) is 0.918. The predicted octanol–water partition coefficient (Wildman–Crippen LogP) is 1.80. The fraction of sp³-hybridized carbons (Fsp3) is 0.417. The van der Waals surface area contributed by atoms with Gasteiger partial charge in [-0.1, -0.05) is 23.7 Å². The number of halogens is 1. The largest absolute Gasteiger partial charge is 0.307 e. The number of rotatable bonds is 3. The van der Waals surface area contributed by atoms with Crippen molar-refractivity contribution in [2.45, 2.75) is 25.4 Å². The van der Waals surface area contributed by atoms with Gasteiger partial charge in [0.05, 0.1) is 12.6 Å². The Morgan fingerprint density at radius 1 is 1.33 bits per heavy atom. The molecule has 1 saturated heterocycles. The third-order valence-electron chi connectivity index (χ3n) is 3.18. The highest BCUT2D eigenvalue weighted by Crippen LogP contribution is 2.21.